The van der Waals surface area contributed by atoms with E-state index in [1.807, 2.05) is 26.1 Å². The van der Waals surface area contributed by atoms with Crippen LogP contribution in [-0.4, -0.2) is 39.3 Å². The Labute approximate surface area is 130 Å². The predicted octanol–water partition coefficient (Wildman–Crippen LogP) is 2.41. The van der Waals surface area contributed by atoms with E-state index in [-0.39, 0.29) is 18.0 Å². The molecule has 2 atom stereocenters. The normalized spacial score (nSPS) is 18.3. The molecule has 1 aliphatic rings. The number of rotatable bonds is 6. The second-order valence-electron chi connectivity index (χ2n) is 5.29. The lowest BCUT2D eigenvalue weighted by Gasteiger charge is -2.28. The standard InChI is InChI=1S/C15H22ClN3O2/c1-5-17-14-10-6-11(16)13(7-12(10)18-15(14)20)19(3)9(2)8-21-4/h6-7,9,14,17H,5,8H2,1-4H3,(H,18,20). The molecule has 5 nitrogen and oxygen atoms in total. The number of ether oxygens (including phenoxy) is 1. The number of nitrogens with one attached hydrogen (secondary N) is 2. The summed E-state index contributed by atoms with van der Waals surface area (Å²) in [6, 6.07) is 3.66. The van der Waals surface area contributed by atoms with Gasteiger partial charge in [0, 0.05) is 31.5 Å². The van der Waals surface area contributed by atoms with Crippen LogP contribution in [0.25, 0.3) is 0 Å². The first kappa shape index (κ1) is 16.1. The molecule has 0 radical (unpaired) electrons. The van der Waals surface area contributed by atoms with Crippen LogP contribution in [0, 0.1) is 0 Å². The number of fused-ring (bicyclic) bond motifs is 1. The zero-order valence-corrected chi connectivity index (χ0v) is 13.6. The van der Waals surface area contributed by atoms with E-state index in [0.717, 1.165) is 23.5 Å². The summed E-state index contributed by atoms with van der Waals surface area (Å²) in [6.45, 7) is 5.37. The van der Waals surface area contributed by atoms with Gasteiger partial charge < -0.3 is 20.3 Å². The number of nitrogens with zero attached hydrogens (tertiary/aromatic N) is 1. The molecule has 0 saturated carbocycles. The van der Waals surface area contributed by atoms with Crippen molar-refractivity contribution >= 4 is 28.9 Å². The lowest BCUT2D eigenvalue weighted by Crippen LogP contribution is -2.32. The Kier molecular flexibility index (Phi) is 5.08. The Bertz CT molecular complexity index is 536. The fourth-order valence-corrected chi connectivity index (χ4v) is 2.84. The third-order valence-corrected chi connectivity index (χ3v) is 4.11. The number of hydrogen-bond donors (Lipinski definition) is 2. The van der Waals surface area contributed by atoms with Gasteiger partial charge in [-0.25, -0.2) is 0 Å². The maximum atomic E-state index is 12.0. The lowest BCUT2D eigenvalue weighted by atomic mass is 10.1. The molecule has 0 aromatic heterocycles. The van der Waals surface area contributed by atoms with Crippen LogP contribution in [-0.2, 0) is 9.53 Å². The van der Waals surface area contributed by atoms with Crippen molar-refractivity contribution in [2.45, 2.75) is 25.9 Å². The summed E-state index contributed by atoms with van der Waals surface area (Å²) >= 11 is 6.41. The zero-order chi connectivity index (χ0) is 15.6. The highest BCUT2D eigenvalue weighted by Gasteiger charge is 2.31. The van der Waals surface area contributed by atoms with Crippen LogP contribution in [0.4, 0.5) is 11.4 Å². The van der Waals surface area contributed by atoms with E-state index in [0.29, 0.717) is 11.6 Å². The van der Waals surface area contributed by atoms with Gasteiger partial charge in [0.15, 0.2) is 0 Å². The number of carbonyl (C=O) groups excluding carboxylic acids is 1. The minimum Gasteiger partial charge on any atom is -0.383 e. The monoisotopic (exact) mass is 311 g/mol. The van der Waals surface area contributed by atoms with Crippen molar-refractivity contribution in [2.75, 3.05) is 37.5 Å². The third kappa shape index (κ3) is 3.15. The molecule has 1 aromatic rings. The molecule has 0 fully saturated rings. The Morgan fingerprint density at radius 3 is 2.86 bits per heavy atom. The van der Waals surface area contributed by atoms with Crippen LogP contribution in [0.5, 0.6) is 0 Å². The van der Waals surface area contributed by atoms with Crippen LogP contribution >= 0.6 is 11.6 Å². The van der Waals surface area contributed by atoms with E-state index in [9.17, 15) is 4.79 Å². The van der Waals surface area contributed by atoms with E-state index in [4.69, 9.17) is 16.3 Å². The number of anilines is 2. The average molecular weight is 312 g/mol. The molecule has 0 saturated heterocycles. The summed E-state index contributed by atoms with van der Waals surface area (Å²) in [4.78, 5) is 14.1. The number of carbonyl (C=O) groups is 1. The molecule has 0 bridgehead atoms. The first-order chi connectivity index (χ1) is 9.99. The Hall–Kier alpha value is -1.30. The summed E-state index contributed by atoms with van der Waals surface area (Å²) < 4.78 is 5.18. The molecule has 116 valence electrons. The lowest BCUT2D eigenvalue weighted by molar-refractivity contribution is -0.117. The van der Waals surface area contributed by atoms with Gasteiger partial charge in [0.25, 0.3) is 0 Å². The van der Waals surface area contributed by atoms with Crippen LogP contribution in [0.2, 0.25) is 5.02 Å². The van der Waals surface area contributed by atoms with Crippen LogP contribution in [0.3, 0.4) is 0 Å². The van der Waals surface area contributed by atoms with Crippen molar-refractivity contribution in [1.82, 2.24) is 5.32 Å². The highest BCUT2D eigenvalue weighted by Crippen LogP contribution is 2.39. The van der Waals surface area contributed by atoms with Gasteiger partial charge in [-0.15, -0.1) is 0 Å². The molecule has 1 aliphatic heterocycles. The third-order valence-electron chi connectivity index (χ3n) is 3.81. The molecule has 0 aliphatic carbocycles. The molecule has 2 rings (SSSR count). The van der Waals surface area contributed by atoms with E-state index < -0.39 is 0 Å². The fraction of sp³-hybridized carbons (Fsp3) is 0.533. The number of likely N-dealkylation sites (N-methyl/N-ethyl adjacent to an activating group) is 2. The maximum Gasteiger partial charge on any atom is 0.246 e. The largest absolute Gasteiger partial charge is 0.383 e. The highest BCUT2D eigenvalue weighted by atomic mass is 35.5. The van der Waals surface area contributed by atoms with E-state index in [1.54, 1.807) is 7.11 Å². The molecule has 1 heterocycles. The molecule has 1 aromatic carbocycles. The average Bonchev–Trinajstić information content (AvgIpc) is 2.74. The molecule has 1 amide bonds. The van der Waals surface area contributed by atoms with Gasteiger partial charge in [0.2, 0.25) is 5.91 Å². The van der Waals surface area contributed by atoms with Gasteiger partial charge in [-0.3, -0.25) is 4.79 Å². The SMILES string of the molecule is CCNC1C(=O)Nc2cc(N(C)C(C)COC)c(Cl)cc21. The molecular weight excluding hydrogens is 290 g/mol. The number of hydrogen-bond acceptors (Lipinski definition) is 4. The second kappa shape index (κ2) is 6.64. The molecular formula is C15H22ClN3O2. The minimum atomic E-state index is -0.321. The second-order valence-corrected chi connectivity index (χ2v) is 5.69. The summed E-state index contributed by atoms with van der Waals surface area (Å²) in [5, 5.41) is 6.71. The first-order valence-corrected chi connectivity index (χ1v) is 7.46. The Morgan fingerprint density at radius 2 is 2.24 bits per heavy atom. The highest BCUT2D eigenvalue weighted by molar-refractivity contribution is 6.33. The number of methoxy groups -OCH3 is 1. The van der Waals surface area contributed by atoms with Crippen LogP contribution in [0.1, 0.15) is 25.5 Å². The Balaban J connectivity index is 2.32. The quantitative estimate of drug-likeness (QED) is 0.847. The van der Waals surface area contributed by atoms with Gasteiger partial charge in [0.05, 0.1) is 17.3 Å². The van der Waals surface area contributed by atoms with Crippen molar-refractivity contribution in [3.63, 3.8) is 0 Å². The minimum absolute atomic E-state index is 0.0346. The summed E-state index contributed by atoms with van der Waals surface area (Å²) in [7, 11) is 3.64. The first-order valence-electron chi connectivity index (χ1n) is 7.09. The van der Waals surface area contributed by atoms with Crippen molar-refractivity contribution in [2.24, 2.45) is 0 Å². The topological polar surface area (TPSA) is 53.6 Å². The summed E-state index contributed by atoms with van der Waals surface area (Å²) in [6.07, 6.45) is 0. The van der Waals surface area contributed by atoms with Gasteiger partial charge in [-0.05, 0) is 25.6 Å². The molecule has 2 unspecified atom stereocenters. The molecule has 6 heteroatoms. The van der Waals surface area contributed by atoms with Crippen molar-refractivity contribution in [3.05, 3.63) is 22.7 Å². The van der Waals surface area contributed by atoms with Gasteiger partial charge in [-0.1, -0.05) is 18.5 Å². The van der Waals surface area contributed by atoms with Crippen molar-refractivity contribution < 1.29 is 9.53 Å². The van der Waals surface area contributed by atoms with E-state index >= 15 is 0 Å². The van der Waals surface area contributed by atoms with Crippen molar-refractivity contribution in [3.8, 4) is 0 Å². The zero-order valence-electron chi connectivity index (χ0n) is 12.9. The predicted molar refractivity (Wildman–Crippen MR) is 86.2 cm³/mol. The summed E-state index contributed by atoms with van der Waals surface area (Å²) in [5.41, 5.74) is 2.61. The van der Waals surface area contributed by atoms with Crippen molar-refractivity contribution in [1.29, 1.82) is 0 Å². The molecule has 2 N–H and O–H groups in total. The summed E-state index contributed by atoms with van der Waals surface area (Å²) in [5.74, 6) is -0.0346. The smallest absolute Gasteiger partial charge is 0.246 e. The Morgan fingerprint density at radius 1 is 1.52 bits per heavy atom. The maximum absolute atomic E-state index is 12.0. The van der Waals surface area contributed by atoms with E-state index in [2.05, 4.69) is 22.5 Å². The number of benzene rings is 1. The molecule has 21 heavy (non-hydrogen) atoms. The van der Waals surface area contributed by atoms with Crippen LogP contribution < -0.4 is 15.5 Å². The number of halogens is 1. The fourth-order valence-electron chi connectivity index (χ4n) is 2.54. The van der Waals surface area contributed by atoms with Gasteiger partial charge in [0.1, 0.15) is 6.04 Å². The van der Waals surface area contributed by atoms with Gasteiger partial charge >= 0.3 is 0 Å². The number of amides is 1. The molecule has 0 spiro atoms. The van der Waals surface area contributed by atoms with E-state index in [1.165, 1.54) is 0 Å². The van der Waals surface area contributed by atoms with Crippen LogP contribution in [0.15, 0.2) is 12.1 Å². The van der Waals surface area contributed by atoms with Gasteiger partial charge in [-0.2, -0.15) is 0 Å².